The molecule has 1 amide bonds. The van der Waals surface area contributed by atoms with Crippen molar-refractivity contribution in [2.24, 2.45) is 0 Å². The van der Waals surface area contributed by atoms with Gasteiger partial charge in [0.25, 0.3) is 0 Å². The molecular formula is C17H15NO4. The van der Waals surface area contributed by atoms with E-state index in [4.69, 9.17) is 0 Å². The summed E-state index contributed by atoms with van der Waals surface area (Å²) in [5, 5.41) is 12.3. The molecule has 0 fully saturated rings. The Hall–Kier alpha value is -3.08. The quantitative estimate of drug-likeness (QED) is 0.672. The van der Waals surface area contributed by atoms with Gasteiger partial charge in [0.2, 0.25) is 5.91 Å². The Balaban J connectivity index is 2.04. The van der Waals surface area contributed by atoms with Crippen molar-refractivity contribution < 1.29 is 19.4 Å². The highest BCUT2D eigenvalue weighted by Crippen LogP contribution is 2.22. The van der Waals surface area contributed by atoms with Crippen molar-refractivity contribution in [3.05, 3.63) is 65.7 Å². The summed E-state index contributed by atoms with van der Waals surface area (Å²) in [5.74, 6) is -1.23. The number of phenols is 1. The number of carbonyl (C=O) groups excluding carboxylic acids is 2. The van der Waals surface area contributed by atoms with Gasteiger partial charge in [0.15, 0.2) is 0 Å². The summed E-state index contributed by atoms with van der Waals surface area (Å²) in [6, 6.07) is 13.6. The number of hydrogen-bond donors (Lipinski definition) is 2. The van der Waals surface area contributed by atoms with Crippen LogP contribution in [0, 0.1) is 0 Å². The van der Waals surface area contributed by atoms with Crippen molar-refractivity contribution in [3.8, 4) is 5.75 Å². The molecule has 0 aliphatic carbocycles. The third-order valence-corrected chi connectivity index (χ3v) is 2.90. The van der Waals surface area contributed by atoms with E-state index >= 15 is 0 Å². The van der Waals surface area contributed by atoms with E-state index in [-0.39, 0.29) is 17.2 Å². The topological polar surface area (TPSA) is 75.6 Å². The second-order valence-corrected chi connectivity index (χ2v) is 4.46. The monoisotopic (exact) mass is 297 g/mol. The van der Waals surface area contributed by atoms with Gasteiger partial charge in [-0.2, -0.15) is 0 Å². The maximum atomic E-state index is 11.8. The van der Waals surface area contributed by atoms with E-state index in [1.165, 1.54) is 31.4 Å². The molecule has 0 aliphatic heterocycles. The number of phenolic OH excluding ortho intramolecular Hbond substituents is 1. The normalized spacial score (nSPS) is 10.4. The number of hydrogen-bond acceptors (Lipinski definition) is 4. The summed E-state index contributed by atoms with van der Waals surface area (Å²) in [7, 11) is 1.23. The molecule has 0 spiro atoms. The van der Waals surface area contributed by atoms with E-state index in [1.54, 1.807) is 6.08 Å². The molecule has 0 aliphatic rings. The number of aromatic hydroxyl groups is 1. The number of amides is 1. The minimum absolute atomic E-state index is 0.0420. The van der Waals surface area contributed by atoms with E-state index in [1.807, 2.05) is 30.3 Å². The summed E-state index contributed by atoms with van der Waals surface area (Å²) in [6.45, 7) is 0. The average molecular weight is 297 g/mol. The zero-order chi connectivity index (χ0) is 15.9. The molecule has 0 aromatic heterocycles. The number of methoxy groups -OCH3 is 1. The fourth-order valence-electron chi connectivity index (χ4n) is 1.81. The molecule has 0 saturated carbocycles. The standard InChI is InChI=1S/C17H15NO4/c1-22-17(21)14-9-8-13(11-15(14)19)18-16(20)10-7-12-5-3-2-4-6-12/h2-11,19H,1H3,(H,18,20)/b10-7+. The lowest BCUT2D eigenvalue weighted by atomic mass is 10.2. The molecule has 22 heavy (non-hydrogen) atoms. The van der Waals surface area contributed by atoms with Crippen LogP contribution in [0.5, 0.6) is 5.75 Å². The molecule has 2 rings (SSSR count). The number of ether oxygens (including phenoxy) is 1. The lowest BCUT2D eigenvalue weighted by molar-refractivity contribution is -0.111. The summed E-state index contributed by atoms with van der Waals surface area (Å²) >= 11 is 0. The third-order valence-electron chi connectivity index (χ3n) is 2.90. The SMILES string of the molecule is COC(=O)c1ccc(NC(=O)/C=C/c2ccccc2)cc1O. The number of esters is 1. The molecule has 2 aromatic rings. The summed E-state index contributed by atoms with van der Waals surface area (Å²) in [6.07, 6.45) is 3.07. The lowest BCUT2D eigenvalue weighted by Gasteiger charge is -2.06. The first kappa shape index (κ1) is 15.3. The largest absolute Gasteiger partial charge is 0.507 e. The van der Waals surface area contributed by atoms with Gasteiger partial charge in [0.05, 0.1) is 7.11 Å². The summed E-state index contributed by atoms with van der Waals surface area (Å²) in [4.78, 5) is 23.1. The highest BCUT2D eigenvalue weighted by Gasteiger charge is 2.12. The molecule has 0 saturated heterocycles. The molecule has 2 N–H and O–H groups in total. The van der Waals surface area contributed by atoms with Gasteiger partial charge in [-0.1, -0.05) is 30.3 Å². The Morgan fingerprint density at radius 2 is 1.86 bits per heavy atom. The molecule has 0 radical (unpaired) electrons. The zero-order valence-electron chi connectivity index (χ0n) is 11.9. The number of rotatable bonds is 4. The second-order valence-electron chi connectivity index (χ2n) is 4.46. The van der Waals surface area contributed by atoms with Crippen LogP contribution in [0.4, 0.5) is 5.69 Å². The van der Waals surface area contributed by atoms with E-state index in [9.17, 15) is 14.7 Å². The second kappa shape index (κ2) is 7.08. The predicted molar refractivity (Wildman–Crippen MR) is 83.6 cm³/mol. The molecule has 5 heteroatoms. The Morgan fingerprint density at radius 1 is 1.14 bits per heavy atom. The summed E-state index contributed by atoms with van der Waals surface area (Å²) in [5.41, 5.74) is 1.33. The van der Waals surface area contributed by atoms with Crippen LogP contribution >= 0.6 is 0 Å². The van der Waals surface area contributed by atoms with Crippen LogP contribution in [0.15, 0.2) is 54.6 Å². The van der Waals surface area contributed by atoms with Gasteiger partial charge in [0.1, 0.15) is 11.3 Å². The molecule has 2 aromatic carbocycles. The van der Waals surface area contributed by atoms with E-state index in [2.05, 4.69) is 10.1 Å². The van der Waals surface area contributed by atoms with Crippen molar-refractivity contribution in [2.45, 2.75) is 0 Å². The number of nitrogens with one attached hydrogen (secondary N) is 1. The predicted octanol–water partition coefficient (Wildman–Crippen LogP) is 2.83. The molecule has 0 bridgehead atoms. The average Bonchev–Trinajstić information content (AvgIpc) is 2.53. The van der Waals surface area contributed by atoms with E-state index in [0.29, 0.717) is 5.69 Å². The Labute approximate surface area is 127 Å². The fraction of sp³-hybridized carbons (Fsp3) is 0.0588. The molecular weight excluding hydrogens is 282 g/mol. The highest BCUT2D eigenvalue weighted by molar-refractivity contribution is 6.02. The van der Waals surface area contributed by atoms with Gasteiger partial charge in [-0.05, 0) is 23.8 Å². The molecule has 0 heterocycles. The van der Waals surface area contributed by atoms with Crippen molar-refractivity contribution in [1.82, 2.24) is 0 Å². The first-order valence-corrected chi connectivity index (χ1v) is 6.55. The van der Waals surface area contributed by atoms with Crippen LogP contribution in [-0.2, 0) is 9.53 Å². The van der Waals surface area contributed by atoms with Crippen molar-refractivity contribution in [2.75, 3.05) is 12.4 Å². The van der Waals surface area contributed by atoms with Crippen LogP contribution in [0.3, 0.4) is 0 Å². The van der Waals surface area contributed by atoms with Gasteiger partial charge in [0, 0.05) is 17.8 Å². The number of carbonyl (C=O) groups is 2. The van der Waals surface area contributed by atoms with Crippen molar-refractivity contribution in [1.29, 1.82) is 0 Å². The maximum Gasteiger partial charge on any atom is 0.341 e. The molecule has 5 nitrogen and oxygen atoms in total. The van der Waals surface area contributed by atoms with Crippen molar-refractivity contribution in [3.63, 3.8) is 0 Å². The molecule has 0 unspecified atom stereocenters. The first-order valence-electron chi connectivity index (χ1n) is 6.55. The van der Waals surface area contributed by atoms with E-state index in [0.717, 1.165) is 5.56 Å². The Kier molecular flexibility index (Phi) is 4.93. The van der Waals surface area contributed by atoms with Crippen LogP contribution in [0.2, 0.25) is 0 Å². The first-order chi connectivity index (χ1) is 10.6. The van der Waals surface area contributed by atoms with Crippen LogP contribution < -0.4 is 5.32 Å². The third kappa shape index (κ3) is 3.96. The van der Waals surface area contributed by atoms with Gasteiger partial charge in [-0.3, -0.25) is 4.79 Å². The van der Waals surface area contributed by atoms with Gasteiger partial charge in [-0.15, -0.1) is 0 Å². The van der Waals surface area contributed by atoms with E-state index < -0.39 is 5.97 Å². The smallest absolute Gasteiger partial charge is 0.341 e. The summed E-state index contributed by atoms with van der Waals surface area (Å²) < 4.78 is 4.53. The van der Waals surface area contributed by atoms with Gasteiger partial charge < -0.3 is 15.2 Å². The minimum atomic E-state index is -0.639. The van der Waals surface area contributed by atoms with Crippen molar-refractivity contribution >= 4 is 23.6 Å². The Bertz CT molecular complexity index is 708. The zero-order valence-corrected chi connectivity index (χ0v) is 11.9. The fourth-order valence-corrected chi connectivity index (χ4v) is 1.81. The number of benzene rings is 2. The van der Waals surface area contributed by atoms with Gasteiger partial charge in [-0.25, -0.2) is 4.79 Å². The van der Waals surface area contributed by atoms with Crippen LogP contribution in [0.25, 0.3) is 6.08 Å². The number of anilines is 1. The Morgan fingerprint density at radius 3 is 2.50 bits per heavy atom. The highest BCUT2D eigenvalue weighted by atomic mass is 16.5. The maximum absolute atomic E-state index is 11.8. The molecule has 0 atom stereocenters. The van der Waals surface area contributed by atoms with Gasteiger partial charge >= 0.3 is 5.97 Å². The van der Waals surface area contributed by atoms with Crippen LogP contribution in [-0.4, -0.2) is 24.1 Å². The van der Waals surface area contributed by atoms with Crippen LogP contribution in [0.1, 0.15) is 15.9 Å². The molecule has 112 valence electrons. The minimum Gasteiger partial charge on any atom is -0.507 e. The lowest BCUT2D eigenvalue weighted by Crippen LogP contribution is -2.08.